The first-order chi connectivity index (χ1) is 16.4. The molecule has 0 atom stereocenters. The SMILES string of the molecule is CC.CNC(=O)c1cnc(NC(=O)C2CC2)c2[nH]c(-c3cccc(-c4nc(C)cn4C)n3)cc12. The minimum Gasteiger partial charge on any atom is -0.355 e. The summed E-state index contributed by atoms with van der Waals surface area (Å²) in [6.45, 7) is 5.94. The first kappa shape index (κ1) is 23.2. The van der Waals surface area contributed by atoms with E-state index in [-0.39, 0.29) is 17.7 Å². The number of imidazole rings is 1. The Bertz CT molecular complexity index is 1370. The molecule has 5 rings (SSSR count). The van der Waals surface area contributed by atoms with Gasteiger partial charge >= 0.3 is 0 Å². The molecule has 4 heterocycles. The highest BCUT2D eigenvalue weighted by Gasteiger charge is 2.30. The van der Waals surface area contributed by atoms with Crippen LogP contribution in [0.2, 0.25) is 0 Å². The highest BCUT2D eigenvalue weighted by atomic mass is 16.2. The van der Waals surface area contributed by atoms with Crippen LogP contribution in [0.5, 0.6) is 0 Å². The van der Waals surface area contributed by atoms with Crippen LogP contribution in [0.4, 0.5) is 5.82 Å². The third-order valence-electron chi connectivity index (χ3n) is 5.58. The normalized spacial score (nSPS) is 12.7. The van der Waals surface area contributed by atoms with Crippen molar-refractivity contribution >= 4 is 28.5 Å². The molecule has 1 saturated carbocycles. The number of nitrogens with zero attached hydrogens (tertiary/aromatic N) is 4. The van der Waals surface area contributed by atoms with Crippen LogP contribution in [0, 0.1) is 12.8 Å². The van der Waals surface area contributed by atoms with Crippen LogP contribution in [0.3, 0.4) is 0 Å². The Hall–Kier alpha value is -4.01. The largest absolute Gasteiger partial charge is 0.355 e. The number of hydrogen-bond acceptors (Lipinski definition) is 5. The number of H-pyrrole nitrogens is 1. The molecule has 4 aromatic heterocycles. The van der Waals surface area contributed by atoms with Crippen molar-refractivity contribution in [1.82, 2.24) is 29.8 Å². The van der Waals surface area contributed by atoms with Crippen molar-refractivity contribution in [2.75, 3.05) is 12.4 Å². The van der Waals surface area contributed by atoms with Crippen LogP contribution in [0.1, 0.15) is 42.7 Å². The van der Waals surface area contributed by atoms with Gasteiger partial charge in [0, 0.05) is 37.8 Å². The predicted octanol–water partition coefficient (Wildman–Crippen LogP) is 4.07. The minimum absolute atomic E-state index is 0.0412. The van der Waals surface area contributed by atoms with Crippen LogP contribution >= 0.6 is 0 Å². The summed E-state index contributed by atoms with van der Waals surface area (Å²) < 4.78 is 1.94. The van der Waals surface area contributed by atoms with Gasteiger partial charge in [-0.3, -0.25) is 9.59 Å². The number of anilines is 1. The molecule has 0 unspecified atom stereocenters. The smallest absolute Gasteiger partial charge is 0.253 e. The number of aromatic amines is 1. The summed E-state index contributed by atoms with van der Waals surface area (Å²) in [6, 6.07) is 7.58. The van der Waals surface area contributed by atoms with E-state index < -0.39 is 0 Å². The van der Waals surface area contributed by atoms with Gasteiger partial charge in [0.05, 0.1) is 28.2 Å². The first-order valence-corrected chi connectivity index (χ1v) is 11.5. The van der Waals surface area contributed by atoms with E-state index in [1.54, 1.807) is 7.05 Å². The summed E-state index contributed by atoms with van der Waals surface area (Å²) in [4.78, 5) is 41.8. The Morgan fingerprint density at radius 2 is 1.88 bits per heavy atom. The van der Waals surface area contributed by atoms with Gasteiger partial charge < -0.3 is 20.2 Å². The molecule has 0 aromatic carbocycles. The number of amides is 2. The Balaban J connectivity index is 0.00000133. The lowest BCUT2D eigenvalue weighted by atomic mass is 10.1. The molecule has 4 aromatic rings. The van der Waals surface area contributed by atoms with Gasteiger partial charge in [0.2, 0.25) is 5.91 Å². The van der Waals surface area contributed by atoms with Gasteiger partial charge in [0.15, 0.2) is 11.6 Å². The van der Waals surface area contributed by atoms with E-state index in [1.165, 1.54) is 6.20 Å². The molecule has 0 aliphatic heterocycles. The summed E-state index contributed by atoms with van der Waals surface area (Å²) in [6.07, 6.45) is 5.22. The second-order valence-corrected chi connectivity index (χ2v) is 8.06. The summed E-state index contributed by atoms with van der Waals surface area (Å²) in [5.74, 6) is 0.919. The summed E-state index contributed by atoms with van der Waals surface area (Å²) in [7, 11) is 3.51. The fourth-order valence-electron chi connectivity index (χ4n) is 3.79. The van der Waals surface area contributed by atoms with Crippen molar-refractivity contribution in [3.05, 3.63) is 47.9 Å². The van der Waals surface area contributed by atoms with Gasteiger partial charge in [-0.05, 0) is 38.0 Å². The Morgan fingerprint density at radius 1 is 1.15 bits per heavy atom. The highest BCUT2D eigenvalue weighted by molar-refractivity contribution is 6.11. The summed E-state index contributed by atoms with van der Waals surface area (Å²) >= 11 is 0. The number of carbonyl (C=O) groups is 2. The maximum Gasteiger partial charge on any atom is 0.253 e. The minimum atomic E-state index is -0.252. The lowest BCUT2D eigenvalue weighted by Crippen LogP contribution is -2.19. The molecule has 2 amide bonds. The lowest BCUT2D eigenvalue weighted by molar-refractivity contribution is -0.117. The van der Waals surface area contributed by atoms with E-state index >= 15 is 0 Å². The van der Waals surface area contributed by atoms with Crippen molar-refractivity contribution in [2.45, 2.75) is 33.6 Å². The number of rotatable bonds is 5. The van der Waals surface area contributed by atoms with E-state index in [1.807, 2.05) is 62.8 Å². The van der Waals surface area contributed by atoms with Crippen molar-refractivity contribution in [3.63, 3.8) is 0 Å². The third-order valence-corrected chi connectivity index (χ3v) is 5.58. The molecule has 1 fully saturated rings. The average molecular weight is 460 g/mol. The van der Waals surface area contributed by atoms with Gasteiger partial charge in [-0.15, -0.1) is 0 Å². The number of nitrogens with one attached hydrogen (secondary N) is 3. The number of aromatic nitrogens is 5. The fourth-order valence-corrected chi connectivity index (χ4v) is 3.79. The molecule has 0 radical (unpaired) electrons. The predicted molar refractivity (Wildman–Crippen MR) is 132 cm³/mol. The van der Waals surface area contributed by atoms with E-state index in [0.29, 0.717) is 33.7 Å². The number of fused-ring (bicyclic) bond motifs is 1. The van der Waals surface area contributed by atoms with Crippen LogP contribution in [-0.2, 0) is 11.8 Å². The van der Waals surface area contributed by atoms with Crippen molar-refractivity contribution in [2.24, 2.45) is 13.0 Å². The van der Waals surface area contributed by atoms with Gasteiger partial charge in [0.25, 0.3) is 5.91 Å². The van der Waals surface area contributed by atoms with Crippen molar-refractivity contribution in [3.8, 4) is 22.9 Å². The maximum atomic E-state index is 12.4. The Labute approximate surface area is 198 Å². The monoisotopic (exact) mass is 459 g/mol. The van der Waals surface area contributed by atoms with E-state index in [4.69, 9.17) is 4.98 Å². The molecule has 176 valence electrons. The van der Waals surface area contributed by atoms with Crippen LogP contribution < -0.4 is 10.6 Å². The standard InChI is InChI=1S/C23H23N7O2.C2H6/c1-12-11-30(3)21(26-12)17-6-4-5-16(27-17)18-9-14-15(23(32)24-2)10-25-20(19(14)28-18)29-22(31)13-7-8-13;1-2/h4-6,9-11,13,28H,7-8H2,1-3H3,(H,24,32)(H,25,29,31);1-2H3. The van der Waals surface area contributed by atoms with Crippen molar-refractivity contribution < 1.29 is 9.59 Å². The molecule has 0 saturated heterocycles. The summed E-state index contributed by atoms with van der Waals surface area (Å²) in [5, 5.41) is 6.21. The average Bonchev–Trinajstić information content (AvgIpc) is 3.52. The van der Waals surface area contributed by atoms with Gasteiger partial charge in [0.1, 0.15) is 5.69 Å². The molecule has 0 spiro atoms. The van der Waals surface area contributed by atoms with Crippen LogP contribution in [0.15, 0.2) is 36.7 Å². The molecule has 3 N–H and O–H groups in total. The van der Waals surface area contributed by atoms with Gasteiger partial charge in [-0.25, -0.2) is 15.0 Å². The molecular weight excluding hydrogens is 430 g/mol. The van der Waals surface area contributed by atoms with Gasteiger partial charge in [-0.2, -0.15) is 0 Å². The van der Waals surface area contributed by atoms with E-state index in [2.05, 4.69) is 25.6 Å². The second-order valence-electron chi connectivity index (χ2n) is 8.06. The molecule has 9 nitrogen and oxygen atoms in total. The maximum absolute atomic E-state index is 12.4. The van der Waals surface area contributed by atoms with Gasteiger partial charge in [-0.1, -0.05) is 19.9 Å². The van der Waals surface area contributed by atoms with Crippen LogP contribution in [0.25, 0.3) is 33.8 Å². The zero-order valence-corrected chi connectivity index (χ0v) is 20.1. The Morgan fingerprint density at radius 3 is 2.53 bits per heavy atom. The highest BCUT2D eigenvalue weighted by Crippen LogP contribution is 2.33. The zero-order valence-electron chi connectivity index (χ0n) is 20.1. The number of aryl methyl sites for hydroxylation is 2. The second kappa shape index (κ2) is 9.46. The topological polar surface area (TPSA) is 118 Å². The van der Waals surface area contributed by atoms with Crippen molar-refractivity contribution in [1.29, 1.82) is 0 Å². The first-order valence-electron chi connectivity index (χ1n) is 11.5. The molecule has 1 aliphatic carbocycles. The third kappa shape index (κ3) is 4.41. The molecular formula is C25H29N7O2. The quantitative estimate of drug-likeness (QED) is 0.416. The Kier molecular flexibility index (Phi) is 6.45. The number of carbonyl (C=O) groups excluding carboxylic acids is 2. The molecule has 0 bridgehead atoms. The lowest BCUT2D eigenvalue weighted by Gasteiger charge is -2.07. The molecule has 34 heavy (non-hydrogen) atoms. The summed E-state index contributed by atoms with van der Waals surface area (Å²) in [5.41, 5.74) is 4.08. The molecule has 9 heteroatoms. The number of hydrogen-bond donors (Lipinski definition) is 3. The number of pyridine rings is 2. The fraction of sp³-hybridized carbons (Fsp3) is 0.320. The van der Waals surface area contributed by atoms with Crippen LogP contribution in [-0.4, -0.2) is 43.4 Å². The zero-order chi connectivity index (χ0) is 24.4. The van der Waals surface area contributed by atoms with E-state index in [0.717, 1.165) is 30.1 Å². The van der Waals surface area contributed by atoms with E-state index in [9.17, 15) is 9.59 Å². The molecule has 1 aliphatic rings.